The van der Waals surface area contributed by atoms with Gasteiger partial charge in [0.15, 0.2) is 5.69 Å². The SMILES string of the molecule is CCc1[nH]c(C(C)C)nc1C(=O)O. The van der Waals surface area contributed by atoms with Gasteiger partial charge in [0, 0.05) is 11.6 Å². The molecular formula is C9H14N2O2. The van der Waals surface area contributed by atoms with Gasteiger partial charge in [-0.25, -0.2) is 9.78 Å². The minimum atomic E-state index is -0.958. The number of carboxylic acid groups (broad SMARTS) is 1. The average molecular weight is 182 g/mol. The summed E-state index contributed by atoms with van der Waals surface area (Å²) in [7, 11) is 0. The van der Waals surface area contributed by atoms with Crippen molar-refractivity contribution in [3.63, 3.8) is 0 Å². The zero-order chi connectivity index (χ0) is 10.0. The van der Waals surface area contributed by atoms with Crippen LogP contribution >= 0.6 is 0 Å². The van der Waals surface area contributed by atoms with Crippen molar-refractivity contribution in [2.45, 2.75) is 33.1 Å². The molecule has 0 unspecified atom stereocenters. The third-order valence-electron chi connectivity index (χ3n) is 1.90. The van der Waals surface area contributed by atoms with E-state index in [-0.39, 0.29) is 11.6 Å². The average Bonchev–Trinajstić information content (AvgIpc) is 2.47. The predicted molar refractivity (Wildman–Crippen MR) is 49.0 cm³/mol. The van der Waals surface area contributed by atoms with Gasteiger partial charge in [-0.05, 0) is 6.42 Å². The Morgan fingerprint density at radius 1 is 1.62 bits per heavy atom. The number of aromatic amines is 1. The Bertz CT molecular complexity index is 315. The number of hydrogen-bond donors (Lipinski definition) is 2. The molecule has 1 heterocycles. The van der Waals surface area contributed by atoms with E-state index in [0.717, 1.165) is 5.82 Å². The minimum absolute atomic E-state index is 0.159. The van der Waals surface area contributed by atoms with Crippen molar-refractivity contribution in [3.05, 3.63) is 17.2 Å². The molecule has 0 spiro atoms. The molecule has 0 fully saturated rings. The second-order valence-corrected chi connectivity index (χ2v) is 3.26. The topological polar surface area (TPSA) is 66.0 Å². The maximum absolute atomic E-state index is 10.7. The first-order valence-corrected chi connectivity index (χ1v) is 4.38. The molecule has 4 nitrogen and oxygen atoms in total. The summed E-state index contributed by atoms with van der Waals surface area (Å²) in [6, 6.07) is 0. The van der Waals surface area contributed by atoms with Crippen LogP contribution in [0.2, 0.25) is 0 Å². The number of aromatic nitrogens is 2. The molecular weight excluding hydrogens is 168 g/mol. The second-order valence-electron chi connectivity index (χ2n) is 3.26. The van der Waals surface area contributed by atoms with Crippen molar-refractivity contribution >= 4 is 5.97 Å². The van der Waals surface area contributed by atoms with Gasteiger partial charge < -0.3 is 10.1 Å². The maximum atomic E-state index is 10.7. The van der Waals surface area contributed by atoms with Crippen LogP contribution in [0.25, 0.3) is 0 Å². The van der Waals surface area contributed by atoms with Gasteiger partial charge in [-0.1, -0.05) is 20.8 Å². The molecule has 0 bridgehead atoms. The number of imidazole rings is 1. The molecule has 4 heteroatoms. The van der Waals surface area contributed by atoms with Crippen molar-refractivity contribution < 1.29 is 9.90 Å². The Balaban J connectivity index is 3.11. The lowest BCUT2D eigenvalue weighted by Gasteiger charge is -1.96. The molecule has 1 aromatic rings. The Morgan fingerprint density at radius 3 is 2.54 bits per heavy atom. The molecule has 0 atom stereocenters. The lowest BCUT2D eigenvalue weighted by atomic mass is 10.2. The highest BCUT2D eigenvalue weighted by molar-refractivity contribution is 5.86. The van der Waals surface area contributed by atoms with Crippen LogP contribution in [0, 0.1) is 0 Å². The smallest absolute Gasteiger partial charge is 0.356 e. The van der Waals surface area contributed by atoms with Crippen LogP contribution in [0.4, 0.5) is 0 Å². The second kappa shape index (κ2) is 3.60. The highest BCUT2D eigenvalue weighted by Gasteiger charge is 2.16. The van der Waals surface area contributed by atoms with E-state index in [1.165, 1.54) is 0 Å². The summed E-state index contributed by atoms with van der Waals surface area (Å²) in [5.74, 6) is 0.0210. The molecule has 0 aromatic carbocycles. The van der Waals surface area contributed by atoms with Gasteiger partial charge in [-0.15, -0.1) is 0 Å². The number of H-pyrrole nitrogens is 1. The number of nitrogens with zero attached hydrogens (tertiary/aromatic N) is 1. The van der Waals surface area contributed by atoms with E-state index in [0.29, 0.717) is 12.1 Å². The number of aromatic carboxylic acids is 1. The number of aryl methyl sites for hydroxylation is 1. The van der Waals surface area contributed by atoms with Crippen LogP contribution in [0.15, 0.2) is 0 Å². The first kappa shape index (κ1) is 9.77. The van der Waals surface area contributed by atoms with E-state index in [1.54, 1.807) is 0 Å². The van der Waals surface area contributed by atoms with Crippen LogP contribution in [0.5, 0.6) is 0 Å². The Kier molecular flexibility index (Phi) is 2.70. The summed E-state index contributed by atoms with van der Waals surface area (Å²) in [4.78, 5) is 17.8. The maximum Gasteiger partial charge on any atom is 0.356 e. The first-order valence-electron chi connectivity index (χ1n) is 4.38. The Hall–Kier alpha value is -1.32. The monoisotopic (exact) mass is 182 g/mol. The summed E-state index contributed by atoms with van der Waals surface area (Å²) < 4.78 is 0. The highest BCUT2D eigenvalue weighted by Crippen LogP contribution is 2.14. The molecule has 0 saturated heterocycles. The molecule has 0 aliphatic rings. The zero-order valence-corrected chi connectivity index (χ0v) is 8.09. The fourth-order valence-corrected chi connectivity index (χ4v) is 1.14. The van der Waals surface area contributed by atoms with Crippen molar-refractivity contribution in [1.82, 2.24) is 9.97 Å². The molecule has 0 amide bonds. The lowest BCUT2D eigenvalue weighted by Crippen LogP contribution is -2.00. The fraction of sp³-hybridized carbons (Fsp3) is 0.556. The molecule has 2 N–H and O–H groups in total. The molecule has 1 aromatic heterocycles. The van der Waals surface area contributed by atoms with E-state index < -0.39 is 5.97 Å². The third kappa shape index (κ3) is 1.88. The molecule has 0 saturated carbocycles. The van der Waals surface area contributed by atoms with Crippen molar-refractivity contribution in [1.29, 1.82) is 0 Å². The van der Waals surface area contributed by atoms with E-state index in [1.807, 2.05) is 20.8 Å². The van der Waals surface area contributed by atoms with Gasteiger partial charge in [0.2, 0.25) is 0 Å². The molecule has 0 aliphatic carbocycles. The quantitative estimate of drug-likeness (QED) is 0.749. The van der Waals surface area contributed by atoms with Crippen LogP contribution in [0.3, 0.4) is 0 Å². The number of nitrogens with one attached hydrogen (secondary N) is 1. The molecule has 1 rings (SSSR count). The Labute approximate surface area is 77.0 Å². The molecule has 0 aliphatic heterocycles. The third-order valence-corrected chi connectivity index (χ3v) is 1.90. The normalized spacial score (nSPS) is 10.8. The number of carbonyl (C=O) groups is 1. The van der Waals surface area contributed by atoms with Crippen LogP contribution < -0.4 is 0 Å². The standard InChI is InChI=1S/C9H14N2O2/c1-4-6-7(9(12)13)11-8(10-6)5(2)3/h5H,4H2,1-3H3,(H,10,11)(H,12,13). The van der Waals surface area contributed by atoms with Gasteiger partial charge >= 0.3 is 5.97 Å². The summed E-state index contributed by atoms with van der Waals surface area (Å²) in [5, 5.41) is 8.81. The molecule has 72 valence electrons. The van der Waals surface area contributed by atoms with Crippen LogP contribution in [-0.2, 0) is 6.42 Å². The van der Waals surface area contributed by atoms with Gasteiger partial charge in [-0.2, -0.15) is 0 Å². The summed E-state index contributed by atoms with van der Waals surface area (Å²) in [6.07, 6.45) is 0.668. The van der Waals surface area contributed by atoms with E-state index in [2.05, 4.69) is 9.97 Å². The van der Waals surface area contributed by atoms with Gasteiger partial charge in [0.1, 0.15) is 5.82 Å². The molecule has 0 radical (unpaired) electrons. The van der Waals surface area contributed by atoms with Crippen molar-refractivity contribution in [2.24, 2.45) is 0 Å². The van der Waals surface area contributed by atoms with Gasteiger partial charge in [0.05, 0.1) is 0 Å². The van der Waals surface area contributed by atoms with Crippen molar-refractivity contribution in [3.8, 4) is 0 Å². The van der Waals surface area contributed by atoms with Crippen LogP contribution in [0.1, 0.15) is 48.7 Å². The lowest BCUT2D eigenvalue weighted by molar-refractivity contribution is 0.0689. The van der Waals surface area contributed by atoms with E-state index in [4.69, 9.17) is 5.11 Å². The van der Waals surface area contributed by atoms with Crippen LogP contribution in [-0.4, -0.2) is 21.0 Å². The predicted octanol–water partition coefficient (Wildman–Crippen LogP) is 1.79. The Morgan fingerprint density at radius 2 is 2.23 bits per heavy atom. The number of carboxylic acids is 1. The fourth-order valence-electron chi connectivity index (χ4n) is 1.14. The zero-order valence-electron chi connectivity index (χ0n) is 8.09. The van der Waals surface area contributed by atoms with E-state index in [9.17, 15) is 4.79 Å². The van der Waals surface area contributed by atoms with Gasteiger partial charge in [0.25, 0.3) is 0 Å². The van der Waals surface area contributed by atoms with Crippen molar-refractivity contribution in [2.75, 3.05) is 0 Å². The molecule has 13 heavy (non-hydrogen) atoms. The largest absolute Gasteiger partial charge is 0.476 e. The number of rotatable bonds is 3. The first-order chi connectivity index (χ1) is 6.06. The number of hydrogen-bond acceptors (Lipinski definition) is 2. The summed E-state index contributed by atoms with van der Waals surface area (Å²) in [6.45, 7) is 5.86. The summed E-state index contributed by atoms with van der Waals surface area (Å²) in [5.41, 5.74) is 0.863. The minimum Gasteiger partial charge on any atom is -0.476 e. The highest BCUT2D eigenvalue weighted by atomic mass is 16.4. The van der Waals surface area contributed by atoms with E-state index >= 15 is 0 Å². The summed E-state index contributed by atoms with van der Waals surface area (Å²) >= 11 is 0. The van der Waals surface area contributed by atoms with Gasteiger partial charge in [-0.3, -0.25) is 0 Å².